The number of carbonyl (C=O) groups is 2. The van der Waals surface area contributed by atoms with Crippen molar-refractivity contribution in [1.29, 1.82) is 0 Å². The Kier molecular flexibility index (Phi) is 3.69. The summed E-state index contributed by atoms with van der Waals surface area (Å²) in [4.78, 5) is 20.8. The molecule has 0 fully saturated rings. The molecule has 0 saturated carbocycles. The zero-order chi connectivity index (χ0) is 9.78. The Morgan fingerprint density at radius 3 is 2.17 bits per heavy atom. The Bertz CT molecular complexity index is 192. The maximum atomic E-state index is 10.6. The molecule has 0 saturated heterocycles. The monoisotopic (exact) mass is 175 g/mol. The summed E-state index contributed by atoms with van der Waals surface area (Å²) < 4.78 is 0. The van der Waals surface area contributed by atoms with Gasteiger partial charge in [0.15, 0.2) is 0 Å². The lowest BCUT2D eigenvalue weighted by molar-refractivity contribution is -0.150. The average molecular weight is 175 g/mol. The molecule has 0 aliphatic rings. The van der Waals surface area contributed by atoms with Crippen LogP contribution in [0.25, 0.3) is 0 Å². The first-order valence-electron chi connectivity index (χ1n) is 3.66. The lowest BCUT2D eigenvalue weighted by Crippen LogP contribution is -2.49. The Morgan fingerprint density at radius 1 is 1.42 bits per heavy atom. The first kappa shape index (κ1) is 10.9. The van der Waals surface area contributed by atoms with Crippen molar-refractivity contribution in [3.05, 3.63) is 0 Å². The number of aliphatic carboxylic acids is 2. The molecule has 70 valence electrons. The molecule has 5 heteroatoms. The molecule has 4 N–H and O–H groups in total. The topological polar surface area (TPSA) is 101 Å². The van der Waals surface area contributed by atoms with Gasteiger partial charge >= 0.3 is 11.9 Å². The van der Waals surface area contributed by atoms with Gasteiger partial charge in [0.2, 0.25) is 0 Å². The molecule has 0 aliphatic heterocycles. The second kappa shape index (κ2) is 4.06. The van der Waals surface area contributed by atoms with Crippen LogP contribution in [-0.2, 0) is 9.59 Å². The number of hydrogen-bond donors (Lipinski definition) is 3. The molecule has 0 aromatic carbocycles. The third-order valence-electron chi connectivity index (χ3n) is 1.59. The zero-order valence-electron chi connectivity index (χ0n) is 6.91. The Labute approximate surface area is 70.2 Å². The van der Waals surface area contributed by atoms with Gasteiger partial charge < -0.3 is 15.9 Å². The van der Waals surface area contributed by atoms with Gasteiger partial charge in [-0.25, -0.2) is 0 Å². The standard InChI is InChI=1S/C7H13NO4/c1-2-3-7(8,6(11)12)4-5(9)10/h2-4,8H2,1H3,(H,9,10)(H,11,12)/t7-/m1/s1. The van der Waals surface area contributed by atoms with Crippen molar-refractivity contribution in [3.63, 3.8) is 0 Å². The van der Waals surface area contributed by atoms with E-state index in [9.17, 15) is 9.59 Å². The minimum Gasteiger partial charge on any atom is -0.481 e. The summed E-state index contributed by atoms with van der Waals surface area (Å²) in [5.41, 5.74) is 3.76. The Hall–Kier alpha value is -1.10. The molecule has 12 heavy (non-hydrogen) atoms. The lowest BCUT2D eigenvalue weighted by atomic mass is 9.91. The summed E-state index contributed by atoms with van der Waals surface area (Å²) in [5, 5.41) is 17.0. The van der Waals surface area contributed by atoms with Crippen molar-refractivity contribution in [2.75, 3.05) is 0 Å². The molecule has 0 aliphatic carbocycles. The van der Waals surface area contributed by atoms with Crippen molar-refractivity contribution in [2.24, 2.45) is 5.73 Å². The number of nitrogens with two attached hydrogens (primary N) is 1. The number of hydrogen-bond acceptors (Lipinski definition) is 3. The summed E-state index contributed by atoms with van der Waals surface area (Å²) in [5.74, 6) is -2.44. The van der Waals surface area contributed by atoms with E-state index in [-0.39, 0.29) is 6.42 Å². The molecule has 0 spiro atoms. The largest absolute Gasteiger partial charge is 0.481 e. The van der Waals surface area contributed by atoms with Gasteiger partial charge in [-0.2, -0.15) is 0 Å². The highest BCUT2D eigenvalue weighted by molar-refractivity contribution is 5.84. The molecule has 0 aromatic heterocycles. The number of rotatable bonds is 5. The molecule has 0 rings (SSSR count). The minimum absolute atomic E-state index is 0.175. The molecule has 0 bridgehead atoms. The van der Waals surface area contributed by atoms with E-state index in [4.69, 9.17) is 15.9 Å². The average Bonchev–Trinajstić information content (AvgIpc) is 1.85. The van der Waals surface area contributed by atoms with Gasteiger partial charge in [0.05, 0.1) is 6.42 Å². The third kappa shape index (κ3) is 2.87. The quantitative estimate of drug-likeness (QED) is 0.547. The fraction of sp³-hybridized carbons (Fsp3) is 0.714. The predicted octanol–water partition coefficient (Wildman–Crippen LogP) is 0.0433. The van der Waals surface area contributed by atoms with Crippen LogP contribution < -0.4 is 5.73 Å². The fourth-order valence-electron chi connectivity index (χ4n) is 0.987. The molecule has 0 aromatic rings. The highest BCUT2D eigenvalue weighted by Gasteiger charge is 2.35. The van der Waals surface area contributed by atoms with Gasteiger partial charge in [-0.15, -0.1) is 0 Å². The van der Waals surface area contributed by atoms with Crippen LogP contribution in [0.1, 0.15) is 26.2 Å². The summed E-state index contributed by atoms with van der Waals surface area (Å²) in [7, 11) is 0. The first-order valence-corrected chi connectivity index (χ1v) is 3.66. The molecular formula is C7H13NO4. The van der Waals surface area contributed by atoms with E-state index in [1.807, 2.05) is 0 Å². The Balaban J connectivity index is 4.38. The van der Waals surface area contributed by atoms with E-state index in [1.54, 1.807) is 6.92 Å². The summed E-state index contributed by atoms with van der Waals surface area (Å²) >= 11 is 0. The maximum absolute atomic E-state index is 10.6. The number of carboxylic acids is 2. The van der Waals surface area contributed by atoms with Crippen molar-refractivity contribution >= 4 is 11.9 Å². The van der Waals surface area contributed by atoms with E-state index in [2.05, 4.69) is 0 Å². The molecule has 0 heterocycles. The maximum Gasteiger partial charge on any atom is 0.324 e. The van der Waals surface area contributed by atoms with E-state index in [0.717, 1.165) is 0 Å². The summed E-state index contributed by atoms with van der Waals surface area (Å²) in [6, 6.07) is 0. The Morgan fingerprint density at radius 2 is 1.92 bits per heavy atom. The number of carboxylic acid groups (broad SMARTS) is 2. The van der Waals surface area contributed by atoms with Gasteiger partial charge in [-0.1, -0.05) is 13.3 Å². The smallest absolute Gasteiger partial charge is 0.324 e. The third-order valence-corrected chi connectivity index (χ3v) is 1.59. The van der Waals surface area contributed by atoms with Gasteiger partial charge in [0.1, 0.15) is 5.54 Å². The zero-order valence-corrected chi connectivity index (χ0v) is 6.91. The summed E-state index contributed by atoms with van der Waals surface area (Å²) in [6.45, 7) is 1.76. The van der Waals surface area contributed by atoms with E-state index >= 15 is 0 Å². The van der Waals surface area contributed by atoms with Gasteiger partial charge in [-0.3, -0.25) is 9.59 Å². The van der Waals surface area contributed by atoms with E-state index in [1.165, 1.54) is 0 Å². The van der Waals surface area contributed by atoms with Crippen LogP contribution in [0.15, 0.2) is 0 Å². The molecule has 0 unspecified atom stereocenters. The van der Waals surface area contributed by atoms with Crippen LogP contribution >= 0.6 is 0 Å². The van der Waals surface area contributed by atoms with Crippen molar-refractivity contribution < 1.29 is 19.8 Å². The van der Waals surface area contributed by atoms with Crippen LogP contribution in [0.3, 0.4) is 0 Å². The predicted molar refractivity (Wildman–Crippen MR) is 41.7 cm³/mol. The van der Waals surface area contributed by atoms with Crippen molar-refractivity contribution in [1.82, 2.24) is 0 Å². The highest BCUT2D eigenvalue weighted by atomic mass is 16.4. The minimum atomic E-state index is -1.61. The second-order valence-corrected chi connectivity index (χ2v) is 2.78. The van der Waals surface area contributed by atoms with Crippen LogP contribution in [0.4, 0.5) is 0 Å². The van der Waals surface area contributed by atoms with Crippen LogP contribution in [0, 0.1) is 0 Å². The van der Waals surface area contributed by atoms with E-state index in [0.29, 0.717) is 6.42 Å². The van der Waals surface area contributed by atoms with Gasteiger partial charge in [0, 0.05) is 0 Å². The molecule has 0 radical (unpaired) electrons. The van der Waals surface area contributed by atoms with Crippen LogP contribution in [0.2, 0.25) is 0 Å². The SMILES string of the molecule is CCC[C@@](N)(CC(=O)O)C(=O)O. The van der Waals surface area contributed by atoms with Gasteiger partial charge in [0.25, 0.3) is 0 Å². The molecular weight excluding hydrogens is 162 g/mol. The molecule has 1 atom stereocenters. The van der Waals surface area contributed by atoms with Crippen LogP contribution in [0.5, 0.6) is 0 Å². The first-order chi connectivity index (χ1) is 5.42. The van der Waals surface area contributed by atoms with E-state index < -0.39 is 23.9 Å². The molecule has 0 amide bonds. The lowest BCUT2D eigenvalue weighted by Gasteiger charge is -2.21. The molecule has 5 nitrogen and oxygen atoms in total. The van der Waals surface area contributed by atoms with Crippen molar-refractivity contribution in [3.8, 4) is 0 Å². The van der Waals surface area contributed by atoms with Crippen molar-refractivity contribution in [2.45, 2.75) is 31.7 Å². The highest BCUT2D eigenvalue weighted by Crippen LogP contribution is 2.14. The van der Waals surface area contributed by atoms with Gasteiger partial charge in [-0.05, 0) is 6.42 Å². The second-order valence-electron chi connectivity index (χ2n) is 2.78. The fourth-order valence-corrected chi connectivity index (χ4v) is 0.987. The summed E-state index contributed by atoms with van der Waals surface area (Å²) in [6.07, 6.45) is 0.195. The normalized spacial score (nSPS) is 15.2. The van der Waals surface area contributed by atoms with Crippen LogP contribution in [-0.4, -0.2) is 27.7 Å².